The van der Waals surface area contributed by atoms with Crippen molar-refractivity contribution in [3.8, 4) is 0 Å². The van der Waals surface area contributed by atoms with Crippen LogP contribution in [0.3, 0.4) is 0 Å². The molecule has 0 bridgehead atoms. The van der Waals surface area contributed by atoms with Gasteiger partial charge in [0.1, 0.15) is 6.54 Å². The van der Waals surface area contributed by atoms with Crippen molar-refractivity contribution in [2.75, 3.05) is 30.3 Å². The van der Waals surface area contributed by atoms with Crippen LogP contribution in [0, 0.1) is 11.8 Å². The van der Waals surface area contributed by atoms with E-state index in [2.05, 4.69) is 0 Å². The molecule has 1 unspecified atom stereocenters. The minimum atomic E-state index is -3.11. The van der Waals surface area contributed by atoms with E-state index in [1.54, 1.807) is 4.90 Å². The average Bonchev–Trinajstić information content (AvgIpc) is 3.30. The van der Waals surface area contributed by atoms with Gasteiger partial charge in [0.25, 0.3) is 0 Å². The molecule has 0 N–H and O–H groups in total. The Balaban J connectivity index is 1.73. The van der Waals surface area contributed by atoms with Crippen LogP contribution in [0.5, 0.6) is 0 Å². The lowest BCUT2D eigenvalue weighted by Gasteiger charge is -2.31. The summed E-state index contributed by atoms with van der Waals surface area (Å²) < 4.78 is 23.7. The van der Waals surface area contributed by atoms with Crippen LogP contribution in [0.15, 0.2) is 11.1 Å². The highest BCUT2D eigenvalue weighted by Gasteiger charge is 2.38. The Kier molecular flexibility index (Phi) is 6.00. The molecule has 2 aliphatic heterocycles. The Labute approximate surface area is 164 Å². The number of carbonyl (C=O) groups is 3. The zero-order chi connectivity index (χ0) is 19.8. The zero-order valence-electron chi connectivity index (χ0n) is 15.7. The molecule has 2 amide bonds. The van der Waals surface area contributed by atoms with Gasteiger partial charge in [0.05, 0.1) is 22.3 Å². The molecule has 3 rings (SSSR count). The highest BCUT2D eigenvalue weighted by Crippen LogP contribution is 2.34. The summed E-state index contributed by atoms with van der Waals surface area (Å²) in [4.78, 5) is 40.3. The van der Waals surface area contributed by atoms with Crippen molar-refractivity contribution in [1.29, 1.82) is 0 Å². The minimum absolute atomic E-state index is 0.0168. The molecule has 0 aromatic heterocycles. The first-order valence-corrected chi connectivity index (χ1v) is 12.2. The van der Waals surface area contributed by atoms with Crippen LogP contribution in [0.25, 0.3) is 0 Å². The number of ketones is 1. The maximum atomic E-state index is 13.0. The SMILES string of the molecule is CC(C)CN(C(=O)CN1C(=O)CSC1=CC(=O)C1CC1)C1CCS(=O)(=O)C1. The van der Waals surface area contributed by atoms with Crippen molar-refractivity contribution >= 4 is 39.2 Å². The third kappa shape index (κ3) is 5.13. The van der Waals surface area contributed by atoms with Crippen molar-refractivity contribution in [3.05, 3.63) is 11.1 Å². The Morgan fingerprint density at radius 3 is 2.56 bits per heavy atom. The maximum absolute atomic E-state index is 13.0. The van der Waals surface area contributed by atoms with E-state index in [1.807, 2.05) is 13.8 Å². The Morgan fingerprint density at radius 1 is 1.30 bits per heavy atom. The molecule has 9 heteroatoms. The van der Waals surface area contributed by atoms with E-state index < -0.39 is 9.84 Å². The molecular formula is C18H26N2O5S2. The highest BCUT2D eigenvalue weighted by atomic mass is 32.2. The van der Waals surface area contributed by atoms with E-state index in [4.69, 9.17) is 0 Å². The summed E-state index contributed by atoms with van der Waals surface area (Å²) in [5.41, 5.74) is 0. The fourth-order valence-electron chi connectivity index (χ4n) is 3.40. The quantitative estimate of drug-likeness (QED) is 0.579. The number of sulfone groups is 1. The van der Waals surface area contributed by atoms with Gasteiger partial charge in [-0.3, -0.25) is 19.3 Å². The molecular weight excluding hydrogens is 388 g/mol. The first-order valence-electron chi connectivity index (χ1n) is 9.35. The number of allylic oxidation sites excluding steroid dienone is 1. The van der Waals surface area contributed by atoms with Crippen LogP contribution in [0.4, 0.5) is 0 Å². The summed E-state index contributed by atoms with van der Waals surface area (Å²) in [6.45, 7) is 4.26. The summed E-state index contributed by atoms with van der Waals surface area (Å²) in [5.74, 6) is 0.124. The Hall–Kier alpha value is -1.35. The molecule has 150 valence electrons. The second-order valence-corrected chi connectivity index (χ2v) is 11.1. The predicted molar refractivity (Wildman–Crippen MR) is 104 cm³/mol. The predicted octanol–water partition coefficient (Wildman–Crippen LogP) is 1.05. The van der Waals surface area contributed by atoms with Crippen LogP contribution >= 0.6 is 11.8 Å². The van der Waals surface area contributed by atoms with Gasteiger partial charge in [-0.1, -0.05) is 25.6 Å². The van der Waals surface area contributed by atoms with Crippen molar-refractivity contribution in [1.82, 2.24) is 9.80 Å². The lowest BCUT2D eigenvalue weighted by molar-refractivity contribution is -0.138. The van der Waals surface area contributed by atoms with Crippen LogP contribution in [0.2, 0.25) is 0 Å². The standard InChI is InChI=1S/C18H26N2O5S2/c1-12(2)8-19(14-5-6-27(24,25)11-14)16(22)9-20-17(23)10-26-18(20)7-15(21)13-3-4-13/h7,12-14H,3-6,8-11H2,1-2H3. The first-order chi connectivity index (χ1) is 12.7. The van der Waals surface area contributed by atoms with E-state index in [9.17, 15) is 22.8 Å². The lowest BCUT2D eigenvalue weighted by atomic mass is 10.1. The lowest BCUT2D eigenvalue weighted by Crippen LogP contribution is -2.47. The number of carbonyl (C=O) groups excluding carboxylic acids is 3. The molecule has 27 heavy (non-hydrogen) atoms. The van der Waals surface area contributed by atoms with Crippen molar-refractivity contribution in [3.63, 3.8) is 0 Å². The van der Waals surface area contributed by atoms with E-state index in [-0.39, 0.29) is 59.3 Å². The van der Waals surface area contributed by atoms with Crippen molar-refractivity contribution < 1.29 is 22.8 Å². The van der Waals surface area contributed by atoms with Gasteiger partial charge >= 0.3 is 0 Å². The molecule has 3 fully saturated rings. The topological polar surface area (TPSA) is 91.8 Å². The van der Waals surface area contributed by atoms with Gasteiger partial charge in [0.2, 0.25) is 11.8 Å². The third-order valence-electron chi connectivity index (χ3n) is 4.98. The largest absolute Gasteiger partial charge is 0.337 e. The Morgan fingerprint density at radius 2 is 2.00 bits per heavy atom. The number of hydrogen-bond donors (Lipinski definition) is 0. The van der Waals surface area contributed by atoms with E-state index in [0.717, 1.165) is 12.8 Å². The maximum Gasteiger partial charge on any atom is 0.242 e. The van der Waals surface area contributed by atoms with Crippen LogP contribution in [-0.4, -0.2) is 72.2 Å². The fraction of sp³-hybridized carbons (Fsp3) is 0.722. The van der Waals surface area contributed by atoms with Gasteiger partial charge in [-0.2, -0.15) is 0 Å². The third-order valence-corrected chi connectivity index (χ3v) is 7.76. The van der Waals surface area contributed by atoms with Gasteiger partial charge < -0.3 is 4.90 Å². The minimum Gasteiger partial charge on any atom is -0.337 e. The molecule has 1 saturated carbocycles. The van der Waals surface area contributed by atoms with Crippen LogP contribution in [0.1, 0.15) is 33.1 Å². The summed E-state index contributed by atoms with van der Waals surface area (Å²) in [5, 5.41) is 0.536. The number of rotatable bonds is 7. The smallest absolute Gasteiger partial charge is 0.242 e. The normalized spacial score (nSPS) is 26.2. The fourth-order valence-corrected chi connectivity index (χ4v) is 6.08. The van der Waals surface area contributed by atoms with Crippen molar-refractivity contribution in [2.24, 2.45) is 11.8 Å². The molecule has 0 aromatic carbocycles. The molecule has 1 aliphatic carbocycles. The van der Waals surface area contributed by atoms with Gasteiger partial charge in [0, 0.05) is 24.6 Å². The van der Waals surface area contributed by atoms with Gasteiger partial charge in [-0.15, -0.1) is 0 Å². The molecule has 3 aliphatic rings. The summed E-state index contributed by atoms with van der Waals surface area (Å²) in [7, 11) is -3.11. The second-order valence-electron chi connectivity index (χ2n) is 7.92. The summed E-state index contributed by atoms with van der Waals surface area (Å²) in [6, 6.07) is -0.337. The number of hydrogen-bond acceptors (Lipinski definition) is 6. The molecule has 0 aromatic rings. The molecule has 0 spiro atoms. The van der Waals surface area contributed by atoms with Crippen LogP contribution < -0.4 is 0 Å². The molecule has 2 heterocycles. The summed E-state index contributed by atoms with van der Waals surface area (Å²) >= 11 is 1.28. The van der Waals surface area contributed by atoms with E-state index in [0.29, 0.717) is 18.0 Å². The molecule has 7 nitrogen and oxygen atoms in total. The van der Waals surface area contributed by atoms with Gasteiger partial charge in [0.15, 0.2) is 15.6 Å². The monoisotopic (exact) mass is 414 g/mol. The number of thioether (sulfide) groups is 1. The van der Waals surface area contributed by atoms with Gasteiger partial charge in [-0.05, 0) is 25.2 Å². The molecule has 1 atom stereocenters. The van der Waals surface area contributed by atoms with Crippen LogP contribution in [-0.2, 0) is 24.2 Å². The highest BCUT2D eigenvalue weighted by molar-refractivity contribution is 8.04. The van der Waals surface area contributed by atoms with Crippen molar-refractivity contribution in [2.45, 2.75) is 39.2 Å². The zero-order valence-corrected chi connectivity index (χ0v) is 17.4. The second kappa shape index (κ2) is 7.95. The van der Waals surface area contributed by atoms with Gasteiger partial charge in [-0.25, -0.2) is 8.42 Å². The van der Waals surface area contributed by atoms with E-state index >= 15 is 0 Å². The average molecular weight is 415 g/mol. The number of amides is 2. The summed E-state index contributed by atoms with van der Waals surface area (Å²) in [6.07, 6.45) is 3.70. The number of nitrogens with zero attached hydrogens (tertiary/aromatic N) is 2. The molecule has 2 saturated heterocycles. The Bertz CT molecular complexity index is 771. The van der Waals surface area contributed by atoms with E-state index in [1.165, 1.54) is 22.7 Å². The first kappa shape index (κ1) is 20.4. The molecule has 0 radical (unpaired) electrons.